The van der Waals surface area contributed by atoms with Crippen molar-refractivity contribution in [2.45, 2.75) is 26.8 Å². The fourth-order valence-corrected chi connectivity index (χ4v) is 4.37. The summed E-state index contributed by atoms with van der Waals surface area (Å²) in [7, 11) is 0. The molecule has 4 rings (SSSR count). The van der Waals surface area contributed by atoms with Crippen molar-refractivity contribution in [3.8, 4) is 0 Å². The Balaban J connectivity index is 1.70. The minimum atomic E-state index is 0.0613. The van der Waals surface area contributed by atoms with Crippen LogP contribution in [0.5, 0.6) is 0 Å². The fraction of sp³-hybridized carbons (Fsp3) is 0.167. The van der Waals surface area contributed by atoms with Crippen LogP contribution < -0.4 is 4.90 Å². The first kappa shape index (κ1) is 18.4. The predicted octanol–water partition coefficient (Wildman–Crippen LogP) is 5.69. The van der Waals surface area contributed by atoms with Gasteiger partial charge >= 0.3 is 0 Å². The second kappa shape index (κ2) is 7.95. The summed E-state index contributed by atoms with van der Waals surface area (Å²) in [6.45, 7) is 4.62. The standard InChI is InChI=1S/C24H22N2OS/c1-17-8-6-12-20(14-17)15-22(27)26(16-19-10-4-3-5-11-19)24-25-23-18(2)9-7-13-21(23)28-24/h3-14H,15-16H2,1-2H3. The number of aromatic nitrogens is 1. The molecule has 4 aromatic rings. The molecule has 0 aliphatic rings. The SMILES string of the molecule is Cc1cccc(CC(=O)N(Cc2ccccc2)c2nc3c(C)cccc3s2)c1. The molecule has 3 nitrogen and oxygen atoms in total. The molecule has 4 heteroatoms. The summed E-state index contributed by atoms with van der Waals surface area (Å²) >= 11 is 1.57. The molecule has 1 amide bonds. The van der Waals surface area contributed by atoms with Crippen LogP contribution in [0, 0.1) is 13.8 Å². The molecule has 0 bridgehead atoms. The Labute approximate surface area is 169 Å². The number of hydrogen-bond acceptors (Lipinski definition) is 3. The molecule has 0 spiro atoms. The van der Waals surface area contributed by atoms with E-state index in [1.165, 1.54) is 0 Å². The molecule has 3 aromatic carbocycles. The Bertz CT molecular complexity index is 1120. The molecule has 0 atom stereocenters. The molecule has 1 heterocycles. The third-order valence-electron chi connectivity index (χ3n) is 4.76. The predicted molar refractivity (Wildman–Crippen MR) is 117 cm³/mol. The smallest absolute Gasteiger partial charge is 0.233 e. The average Bonchev–Trinajstić information content (AvgIpc) is 3.12. The van der Waals surface area contributed by atoms with E-state index in [1.54, 1.807) is 11.3 Å². The molecular formula is C24H22N2OS. The van der Waals surface area contributed by atoms with Gasteiger partial charge < -0.3 is 0 Å². The molecule has 0 unspecified atom stereocenters. The van der Waals surface area contributed by atoms with Crippen molar-refractivity contribution in [3.63, 3.8) is 0 Å². The number of carbonyl (C=O) groups is 1. The number of hydrogen-bond donors (Lipinski definition) is 0. The molecule has 0 N–H and O–H groups in total. The quantitative estimate of drug-likeness (QED) is 0.441. The van der Waals surface area contributed by atoms with E-state index in [0.717, 1.165) is 37.6 Å². The van der Waals surface area contributed by atoms with Gasteiger partial charge in [0.2, 0.25) is 5.91 Å². The summed E-state index contributed by atoms with van der Waals surface area (Å²) in [6, 6.07) is 24.4. The number of aryl methyl sites for hydroxylation is 2. The van der Waals surface area contributed by atoms with Crippen molar-refractivity contribution in [1.82, 2.24) is 4.98 Å². The van der Waals surface area contributed by atoms with Crippen LogP contribution in [-0.4, -0.2) is 10.9 Å². The van der Waals surface area contributed by atoms with Crippen LogP contribution in [0.2, 0.25) is 0 Å². The number of anilines is 1. The molecule has 0 saturated heterocycles. The number of fused-ring (bicyclic) bond motifs is 1. The maximum Gasteiger partial charge on any atom is 0.233 e. The minimum Gasteiger partial charge on any atom is -0.283 e. The highest BCUT2D eigenvalue weighted by molar-refractivity contribution is 7.22. The zero-order valence-electron chi connectivity index (χ0n) is 16.1. The van der Waals surface area contributed by atoms with E-state index in [4.69, 9.17) is 4.98 Å². The number of carbonyl (C=O) groups excluding carboxylic acids is 1. The van der Waals surface area contributed by atoms with E-state index in [2.05, 4.69) is 25.1 Å². The highest BCUT2D eigenvalue weighted by Crippen LogP contribution is 2.31. The lowest BCUT2D eigenvalue weighted by Gasteiger charge is -2.20. The van der Waals surface area contributed by atoms with Crippen molar-refractivity contribution in [2.24, 2.45) is 0 Å². The second-order valence-electron chi connectivity index (χ2n) is 7.05. The highest BCUT2D eigenvalue weighted by atomic mass is 32.1. The Morgan fingerprint density at radius 2 is 1.68 bits per heavy atom. The number of rotatable bonds is 5. The van der Waals surface area contributed by atoms with E-state index in [0.29, 0.717) is 13.0 Å². The summed E-state index contributed by atoms with van der Waals surface area (Å²) in [5, 5.41) is 0.755. The molecule has 0 aliphatic heterocycles. The third-order valence-corrected chi connectivity index (χ3v) is 5.81. The van der Waals surface area contributed by atoms with Crippen LogP contribution in [0.1, 0.15) is 22.3 Å². The fourth-order valence-electron chi connectivity index (χ4n) is 3.31. The Morgan fingerprint density at radius 3 is 2.43 bits per heavy atom. The number of amides is 1. The van der Waals surface area contributed by atoms with Crippen molar-refractivity contribution in [3.05, 3.63) is 95.1 Å². The van der Waals surface area contributed by atoms with Gasteiger partial charge in [-0.25, -0.2) is 4.98 Å². The Hall–Kier alpha value is -2.98. The summed E-state index contributed by atoms with van der Waals surface area (Å²) in [5.41, 5.74) is 5.39. The summed E-state index contributed by atoms with van der Waals surface area (Å²) in [6.07, 6.45) is 0.365. The van der Waals surface area contributed by atoms with Crippen molar-refractivity contribution < 1.29 is 4.79 Å². The van der Waals surface area contributed by atoms with Gasteiger partial charge in [-0.1, -0.05) is 83.6 Å². The van der Waals surface area contributed by atoms with Crippen LogP contribution in [0.4, 0.5) is 5.13 Å². The van der Waals surface area contributed by atoms with Crippen molar-refractivity contribution in [1.29, 1.82) is 0 Å². The number of nitrogens with zero attached hydrogens (tertiary/aromatic N) is 2. The van der Waals surface area contributed by atoms with E-state index in [-0.39, 0.29) is 5.91 Å². The zero-order chi connectivity index (χ0) is 19.5. The molecule has 0 saturated carbocycles. The van der Waals surface area contributed by atoms with Gasteiger partial charge in [-0.05, 0) is 36.6 Å². The van der Waals surface area contributed by atoms with Crippen LogP contribution >= 0.6 is 11.3 Å². The molecular weight excluding hydrogens is 364 g/mol. The number of thiazole rings is 1. The number of para-hydroxylation sites is 1. The van der Waals surface area contributed by atoms with Gasteiger partial charge in [0.05, 0.1) is 23.2 Å². The van der Waals surface area contributed by atoms with Crippen LogP contribution in [-0.2, 0) is 17.8 Å². The van der Waals surface area contributed by atoms with Gasteiger partial charge in [-0.3, -0.25) is 9.69 Å². The van der Waals surface area contributed by atoms with E-state index >= 15 is 0 Å². The van der Waals surface area contributed by atoms with Gasteiger partial charge in [0.15, 0.2) is 5.13 Å². The molecule has 28 heavy (non-hydrogen) atoms. The van der Waals surface area contributed by atoms with Crippen molar-refractivity contribution in [2.75, 3.05) is 4.90 Å². The first-order valence-corrected chi connectivity index (χ1v) is 10.2. The van der Waals surface area contributed by atoms with Crippen LogP contribution in [0.15, 0.2) is 72.8 Å². The highest BCUT2D eigenvalue weighted by Gasteiger charge is 2.21. The summed E-state index contributed by atoms with van der Waals surface area (Å²) < 4.78 is 1.11. The molecule has 0 radical (unpaired) electrons. The number of benzene rings is 3. The zero-order valence-corrected chi connectivity index (χ0v) is 16.9. The van der Waals surface area contributed by atoms with Gasteiger partial charge in [0, 0.05) is 0 Å². The lowest BCUT2D eigenvalue weighted by molar-refractivity contribution is -0.118. The van der Waals surface area contributed by atoms with E-state index in [9.17, 15) is 4.79 Å². The lowest BCUT2D eigenvalue weighted by atomic mass is 10.1. The molecule has 140 valence electrons. The van der Waals surface area contributed by atoms with E-state index in [1.807, 2.05) is 66.4 Å². The Kier molecular flexibility index (Phi) is 5.22. The first-order valence-electron chi connectivity index (χ1n) is 9.36. The van der Waals surface area contributed by atoms with Gasteiger partial charge in [-0.15, -0.1) is 0 Å². The van der Waals surface area contributed by atoms with E-state index < -0.39 is 0 Å². The molecule has 1 aromatic heterocycles. The summed E-state index contributed by atoms with van der Waals surface area (Å²) in [4.78, 5) is 19.9. The maximum absolute atomic E-state index is 13.3. The molecule has 0 fully saturated rings. The monoisotopic (exact) mass is 386 g/mol. The minimum absolute atomic E-state index is 0.0613. The van der Waals surface area contributed by atoms with Gasteiger partial charge in [0.1, 0.15) is 0 Å². The Morgan fingerprint density at radius 1 is 0.929 bits per heavy atom. The van der Waals surface area contributed by atoms with Crippen LogP contribution in [0.25, 0.3) is 10.2 Å². The lowest BCUT2D eigenvalue weighted by Crippen LogP contribution is -2.31. The van der Waals surface area contributed by atoms with Crippen LogP contribution in [0.3, 0.4) is 0 Å². The second-order valence-corrected chi connectivity index (χ2v) is 8.06. The van der Waals surface area contributed by atoms with Gasteiger partial charge in [0.25, 0.3) is 0 Å². The van der Waals surface area contributed by atoms with Crippen molar-refractivity contribution >= 4 is 32.6 Å². The van der Waals surface area contributed by atoms with Gasteiger partial charge in [-0.2, -0.15) is 0 Å². The average molecular weight is 387 g/mol. The molecule has 0 aliphatic carbocycles. The summed E-state index contributed by atoms with van der Waals surface area (Å²) in [5.74, 6) is 0.0613. The normalized spacial score (nSPS) is 10.9. The largest absolute Gasteiger partial charge is 0.283 e. The first-order chi connectivity index (χ1) is 13.6. The third kappa shape index (κ3) is 3.97. The topological polar surface area (TPSA) is 33.2 Å². The maximum atomic E-state index is 13.3.